The first-order valence-corrected chi connectivity index (χ1v) is 25.1. The summed E-state index contributed by atoms with van der Waals surface area (Å²) in [6.07, 6.45) is 5.14. The molecule has 1 saturated heterocycles. The summed E-state index contributed by atoms with van der Waals surface area (Å²) in [6.45, 7) is 19.3. The van der Waals surface area contributed by atoms with Gasteiger partial charge in [0.1, 0.15) is 28.2 Å². The molecule has 6 rings (SSSR count). The van der Waals surface area contributed by atoms with E-state index in [1.165, 1.54) is 42.7 Å². The maximum absolute atomic E-state index is 13.8. The van der Waals surface area contributed by atoms with Crippen LogP contribution in [0, 0.1) is 6.92 Å². The summed E-state index contributed by atoms with van der Waals surface area (Å²) < 4.78 is 16.9. The summed E-state index contributed by atoms with van der Waals surface area (Å²) in [7, 11) is 3.04. The molecule has 1 aliphatic rings. The van der Waals surface area contributed by atoms with E-state index in [1.807, 2.05) is 41.5 Å². The zero-order valence-corrected chi connectivity index (χ0v) is 44.9. The lowest BCUT2D eigenvalue weighted by atomic mass is 10.1. The number of aryl methyl sites for hydroxylation is 2. The van der Waals surface area contributed by atoms with Gasteiger partial charge in [-0.2, -0.15) is 17.7 Å². The minimum Gasteiger partial charge on any atom is -0.494 e. The van der Waals surface area contributed by atoms with E-state index < -0.39 is 28.9 Å². The fourth-order valence-electron chi connectivity index (χ4n) is 7.37. The van der Waals surface area contributed by atoms with Gasteiger partial charge in [0.2, 0.25) is 47.3 Å². The number of likely N-dealkylation sites (tertiary alicyclic amines) is 1. The summed E-state index contributed by atoms with van der Waals surface area (Å²) in [5.41, 5.74) is 14.1. The summed E-state index contributed by atoms with van der Waals surface area (Å²) in [5.74, 6) is -2.50. The van der Waals surface area contributed by atoms with E-state index in [2.05, 4.69) is 52.5 Å². The number of benzene rings is 2. The van der Waals surface area contributed by atoms with E-state index in [9.17, 15) is 33.6 Å². The van der Waals surface area contributed by atoms with Crippen molar-refractivity contribution < 1.29 is 43.0 Å². The number of amides is 7. The molecule has 22 nitrogen and oxygen atoms in total. The maximum Gasteiger partial charge on any atom is 0.276 e. The Hall–Kier alpha value is -7.27. The molecule has 7 N–H and O–H groups in total. The molecule has 0 bridgehead atoms. The Kier molecular flexibility index (Phi) is 24.1. The number of aromatic nitrogens is 6. The SMILES string of the molecule is CC.CC.CCC.CCNCC(=O)Nc1nc2cc(C(N)=O)cc(OC)c2n1C/C=C/Cn1c(NC(=O)c2cc(C)nn2CC)nc2cc(C(N)=O)cc(OCCCN(C)C(=O)CCN3C(=O)CC(S)C3=O)c21. The lowest BCUT2D eigenvalue weighted by molar-refractivity contribution is -0.139. The number of ether oxygens (including phenoxy) is 2. The van der Waals surface area contributed by atoms with Crippen LogP contribution in [0.15, 0.2) is 42.5 Å². The van der Waals surface area contributed by atoms with Gasteiger partial charge in [0.15, 0.2) is 0 Å². The van der Waals surface area contributed by atoms with Crippen LogP contribution < -0.4 is 36.9 Å². The number of nitrogens with one attached hydrogen (secondary N) is 3. The number of nitrogens with two attached hydrogens (primary N) is 2. The molecule has 1 aliphatic heterocycles. The summed E-state index contributed by atoms with van der Waals surface area (Å²) >= 11 is 4.13. The Balaban J connectivity index is 0.00000191. The van der Waals surface area contributed by atoms with Crippen LogP contribution in [0.4, 0.5) is 11.9 Å². The van der Waals surface area contributed by atoms with Gasteiger partial charge >= 0.3 is 0 Å². The van der Waals surface area contributed by atoms with Crippen molar-refractivity contribution in [3.8, 4) is 11.5 Å². The number of likely N-dealkylation sites (N-methyl/N-ethyl adjacent to an activating group) is 1. The summed E-state index contributed by atoms with van der Waals surface area (Å²) in [6, 6.07) is 7.63. The van der Waals surface area contributed by atoms with Crippen LogP contribution in [0.5, 0.6) is 11.5 Å². The zero-order chi connectivity index (χ0) is 54.5. The number of thiol groups is 1. The number of carbonyl (C=O) groups excluding carboxylic acids is 7. The number of methoxy groups -OCH3 is 1. The van der Waals surface area contributed by atoms with Crippen LogP contribution in [-0.4, -0.2) is 132 Å². The van der Waals surface area contributed by atoms with Crippen molar-refractivity contribution in [2.75, 3.05) is 57.6 Å². The fraction of sp³-hybridized carbons (Fsp3) is 0.480. The number of imidazole rings is 2. The molecule has 398 valence electrons. The van der Waals surface area contributed by atoms with Crippen molar-refractivity contribution in [2.45, 2.75) is 113 Å². The van der Waals surface area contributed by atoms with Gasteiger partial charge in [0.05, 0.1) is 42.2 Å². The van der Waals surface area contributed by atoms with Gasteiger partial charge in [-0.05, 0) is 57.1 Å². The molecule has 1 atom stereocenters. The van der Waals surface area contributed by atoms with Crippen molar-refractivity contribution in [3.63, 3.8) is 0 Å². The largest absolute Gasteiger partial charge is 0.494 e. The second-order valence-electron chi connectivity index (χ2n) is 16.0. The number of imide groups is 1. The number of fused-ring (bicyclic) bond motifs is 2. The van der Waals surface area contributed by atoms with Gasteiger partial charge in [-0.1, -0.05) is 67.0 Å². The quantitative estimate of drug-likeness (QED) is 0.0222. The molecule has 2 aromatic carbocycles. The monoisotopic (exact) mass is 1030 g/mol. The van der Waals surface area contributed by atoms with Crippen LogP contribution in [0.1, 0.15) is 118 Å². The first kappa shape index (κ1) is 60.0. The molecule has 23 heteroatoms. The third kappa shape index (κ3) is 15.6. The van der Waals surface area contributed by atoms with Crippen molar-refractivity contribution in [1.29, 1.82) is 0 Å². The predicted octanol–water partition coefficient (Wildman–Crippen LogP) is 5.32. The number of nitrogens with zero attached hydrogens (tertiary/aromatic N) is 8. The lowest BCUT2D eigenvalue weighted by Crippen LogP contribution is -2.36. The fourth-order valence-corrected chi connectivity index (χ4v) is 7.66. The number of primary amides is 2. The van der Waals surface area contributed by atoms with Gasteiger partial charge < -0.3 is 40.3 Å². The maximum atomic E-state index is 13.8. The standard InChI is InChI=1S/C43H53N13O9S.C3H8.2C2H6/c1-6-46-23-33(57)49-42-47-27-18-25(38(44)60)20-30(64-5)36(27)54(42)13-8-9-14-55-37-28(48-43(55)50-40(62)29-17-24(3)51-56(29)7-2)19-26(39(45)61)21-31(37)65-16-10-12-52(4)34(58)11-15-53-35(59)22-32(66)41(53)63;1-3-2;2*1-2/h8-9,17-21,32,46,66H,6-7,10-16,22-23H2,1-5H3,(H2,44,60)(H2,45,61)(H,47,49,57)(H,48,50,62);3H2,1-2H3;2*1-2H3/b9-8+;;;. The average molecular weight is 1030 g/mol. The van der Waals surface area contributed by atoms with Crippen molar-refractivity contribution >= 4 is 87.9 Å². The van der Waals surface area contributed by atoms with E-state index in [-0.39, 0.29) is 104 Å². The first-order chi connectivity index (χ1) is 35.0. The third-order valence-corrected chi connectivity index (χ3v) is 11.1. The highest BCUT2D eigenvalue weighted by Gasteiger charge is 2.36. The highest BCUT2D eigenvalue weighted by molar-refractivity contribution is 7.81. The number of anilines is 2. The van der Waals surface area contributed by atoms with Crippen LogP contribution in [0.25, 0.3) is 22.1 Å². The van der Waals surface area contributed by atoms with E-state index in [0.717, 1.165) is 4.90 Å². The van der Waals surface area contributed by atoms with E-state index in [4.69, 9.17) is 25.9 Å². The van der Waals surface area contributed by atoms with Gasteiger partial charge in [0, 0.05) is 63.7 Å². The topological polar surface area (TPSA) is 286 Å². The highest BCUT2D eigenvalue weighted by Crippen LogP contribution is 2.33. The Morgan fingerprint density at radius 3 is 1.90 bits per heavy atom. The van der Waals surface area contributed by atoms with Crippen LogP contribution >= 0.6 is 12.6 Å². The van der Waals surface area contributed by atoms with Gasteiger partial charge in [-0.3, -0.25) is 53.8 Å². The van der Waals surface area contributed by atoms with E-state index >= 15 is 0 Å². The molecule has 0 radical (unpaired) electrons. The molecule has 3 aromatic heterocycles. The molecule has 73 heavy (non-hydrogen) atoms. The Bertz CT molecular complexity index is 2760. The second kappa shape index (κ2) is 29.3. The molecule has 4 heterocycles. The first-order valence-electron chi connectivity index (χ1n) is 24.6. The zero-order valence-electron chi connectivity index (χ0n) is 44.0. The van der Waals surface area contributed by atoms with Crippen LogP contribution in [-0.2, 0) is 38.8 Å². The minimum atomic E-state index is -0.743. The minimum absolute atomic E-state index is 0.0000441. The van der Waals surface area contributed by atoms with Gasteiger partial charge in [-0.25, -0.2) is 9.97 Å². The van der Waals surface area contributed by atoms with Crippen molar-refractivity contribution in [1.82, 2.24) is 44.0 Å². The molecular weight excluding hydrogens is 959 g/mol. The van der Waals surface area contributed by atoms with Gasteiger partial charge in [0.25, 0.3) is 5.91 Å². The number of hydrogen-bond acceptors (Lipinski definition) is 14. The van der Waals surface area contributed by atoms with Crippen molar-refractivity contribution in [2.24, 2.45) is 11.5 Å². The molecular formula is C50H73N13O9S. The molecule has 0 aliphatic carbocycles. The smallest absolute Gasteiger partial charge is 0.276 e. The molecule has 1 fully saturated rings. The molecule has 0 saturated carbocycles. The number of hydrogen-bond donors (Lipinski definition) is 6. The molecule has 5 aromatic rings. The Morgan fingerprint density at radius 2 is 1.40 bits per heavy atom. The molecule has 1 unspecified atom stereocenters. The number of allylic oxidation sites excluding steroid dienone is 2. The lowest BCUT2D eigenvalue weighted by Gasteiger charge is -2.20. The van der Waals surface area contributed by atoms with Crippen LogP contribution in [0.2, 0.25) is 0 Å². The molecule has 0 spiro atoms. The third-order valence-electron chi connectivity index (χ3n) is 10.7. The summed E-state index contributed by atoms with van der Waals surface area (Å²) in [5, 5.41) is 12.4. The molecule has 7 amide bonds. The average Bonchev–Trinajstić information content (AvgIpc) is 4.11. The normalized spacial score (nSPS) is 12.9. The highest BCUT2D eigenvalue weighted by atomic mass is 32.1. The Labute approximate surface area is 432 Å². The van der Waals surface area contributed by atoms with E-state index in [1.54, 1.807) is 46.0 Å². The summed E-state index contributed by atoms with van der Waals surface area (Å²) in [4.78, 5) is 101. The van der Waals surface area contributed by atoms with Gasteiger partial charge in [-0.15, -0.1) is 0 Å². The van der Waals surface area contributed by atoms with Crippen molar-refractivity contribution in [3.05, 3.63) is 65.0 Å². The van der Waals surface area contributed by atoms with Crippen LogP contribution in [0.3, 0.4) is 0 Å². The number of rotatable bonds is 22. The van der Waals surface area contributed by atoms with E-state index in [0.29, 0.717) is 53.2 Å². The predicted molar refractivity (Wildman–Crippen MR) is 285 cm³/mol. The number of carbonyl (C=O) groups is 7. The Morgan fingerprint density at radius 1 is 0.849 bits per heavy atom. The second-order valence-corrected chi connectivity index (χ2v) is 16.7.